The number of Topliss-reactive ketones (excluding diaryl/α,β-unsaturated/α-hetero) is 1. The third-order valence-corrected chi connectivity index (χ3v) is 4.74. The third-order valence-electron chi connectivity index (χ3n) is 4.74. The molecule has 1 heteroatoms. The molecule has 0 radical (unpaired) electrons. The van der Waals surface area contributed by atoms with Gasteiger partial charge in [0.15, 0.2) is 5.78 Å². The van der Waals surface area contributed by atoms with Crippen LogP contribution in [0.1, 0.15) is 22.6 Å². The molecule has 1 nitrogen and oxygen atoms in total. The minimum atomic E-state index is 0.219. The smallest absolute Gasteiger partial charge is 0.166 e. The maximum Gasteiger partial charge on any atom is 0.166 e. The van der Waals surface area contributed by atoms with Gasteiger partial charge in [-0.1, -0.05) is 72.8 Å². The Morgan fingerprint density at radius 1 is 1.00 bits per heavy atom. The quantitative estimate of drug-likeness (QED) is 0.824. The highest BCUT2D eigenvalue weighted by molar-refractivity contribution is 5.99. The molecule has 0 aliphatic heterocycles. The first kappa shape index (κ1) is 13.3. The van der Waals surface area contributed by atoms with Crippen LogP contribution in [0.25, 0.3) is 0 Å². The van der Waals surface area contributed by atoms with E-state index in [9.17, 15) is 4.79 Å². The molecule has 0 spiro atoms. The lowest BCUT2D eigenvalue weighted by Crippen LogP contribution is -2.13. The monoisotopic (exact) mass is 286 g/mol. The lowest BCUT2D eigenvalue weighted by molar-refractivity contribution is -0.114. The van der Waals surface area contributed by atoms with E-state index in [2.05, 4.69) is 36.4 Å². The molecule has 0 N–H and O–H groups in total. The second-order valence-corrected chi connectivity index (χ2v) is 6.16. The van der Waals surface area contributed by atoms with Crippen molar-refractivity contribution in [2.75, 3.05) is 0 Å². The fourth-order valence-electron chi connectivity index (χ4n) is 3.63. The molecule has 0 unspecified atom stereocenters. The van der Waals surface area contributed by atoms with Crippen LogP contribution in [-0.4, -0.2) is 5.78 Å². The van der Waals surface area contributed by atoms with Gasteiger partial charge in [0, 0.05) is 17.9 Å². The lowest BCUT2D eigenvalue weighted by atomic mass is 9.84. The summed E-state index contributed by atoms with van der Waals surface area (Å²) in [5, 5.41) is 0. The fraction of sp³-hybridized carbons (Fsp3) is 0.190. The topological polar surface area (TPSA) is 17.1 Å². The van der Waals surface area contributed by atoms with Crippen molar-refractivity contribution in [3.05, 3.63) is 95.1 Å². The predicted molar refractivity (Wildman–Crippen MR) is 88.8 cm³/mol. The molecule has 0 saturated carbocycles. The van der Waals surface area contributed by atoms with Gasteiger partial charge in [0.1, 0.15) is 0 Å². The van der Waals surface area contributed by atoms with Crippen molar-refractivity contribution in [2.45, 2.75) is 18.8 Å². The van der Waals surface area contributed by atoms with Crippen LogP contribution in [0.2, 0.25) is 0 Å². The summed E-state index contributed by atoms with van der Waals surface area (Å²) in [6.45, 7) is 0. The summed E-state index contributed by atoms with van der Waals surface area (Å²) >= 11 is 0. The molecule has 2 aliphatic rings. The van der Waals surface area contributed by atoms with Crippen LogP contribution in [-0.2, 0) is 17.6 Å². The zero-order valence-electron chi connectivity index (χ0n) is 12.4. The molecule has 0 bridgehead atoms. The van der Waals surface area contributed by atoms with Crippen LogP contribution in [0.5, 0.6) is 0 Å². The lowest BCUT2D eigenvalue weighted by Gasteiger charge is -2.19. The van der Waals surface area contributed by atoms with E-state index in [0.717, 1.165) is 17.6 Å². The first-order chi connectivity index (χ1) is 10.8. The number of hydrogen-bond donors (Lipinski definition) is 0. The average Bonchev–Trinajstić information content (AvgIpc) is 2.93. The number of fused-ring (bicyclic) bond motifs is 3. The molecule has 2 aromatic rings. The third kappa shape index (κ3) is 2.33. The molecule has 0 saturated heterocycles. The number of carbonyl (C=O) groups excluding carboxylic acids is 1. The maximum atomic E-state index is 12.5. The highest BCUT2D eigenvalue weighted by Crippen LogP contribution is 2.42. The van der Waals surface area contributed by atoms with E-state index in [1.165, 1.54) is 11.1 Å². The zero-order chi connectivity index (χ0) is 14.9. The van der Waals surface area contributed by atoms with Crippen LogP contribution in [0, 0.1) is 5.92 Å². The molecule has 4 rings (SSSR count). The Kier molecular flexibility index (Phi) is 3.27. The van der Waals surface area contributed by atoms with Gasteiger partial charge in [0.2, 0.25) is 0 Å². The van der Waals surface area contributed by atoms with E-state index in [-0.39, 0.29) is 5.78 Å². The fourth-order valence-corrected chi connectivity index (χ4v) is 3.63. The molecule has 0 fully saturated rings. The Morgan fingerprint density at radius 3 is 2.64 bits per heavy atom. The van der Waals surface area contributed by atoms with Crippen LogP contribution < -0.4 is 0 Å². The molecule has 2 aromatic carbocycles. The Labute approximate surface area is 131 Å². The molecule has 22 heavy (non-hydrogen) atoms. The van der Waals surface area contributed by atoms with Gasteiger partial charge >= 0.3 is 0 Å². The number of allylic oxidation sites excluding steroid dienone is 4. The Balaban J connectivity index is 1.55. The number of ketones is 1. The van der Waals surface area contributed by atoms with Gasteiger partial charge < -0.3 is 0 Å². The summed E-state index contributed by atoms with van der Waals surface area (Å²) in [6, 6.07) is 18.6. The molecule has 0 heterocycles. The predicted octanol–water partition coefficient (Wildman–Crippen LogP) is 4.25. The van der Waals surface area contributed by atoms with E-state index >= 15 is 0 Å². The number of hydrogen-bond acceptors (Lipinski definition) is 1. The van der Waals surface area contributed by atoms with Gasteiger partial charge in [-0.3, -0.25) is 4.79 Å². The van der Waals surface area contributed by atoms with E-state index in [0.29, 0.717) is 18.3 Å². The zero-order valence-corrected chi connectivity index (χ0v) is 12.4. The van der Waals surface area contributed by atoms with Gasteiger partial charge in [-0.25, -0.2) is 0 Å². The van der Waals surface area contributed by atoms with Gasteiger partial charge in [0.25, 0.3) is 0 Å². The van der Waals surface area contributed by atoms with Crippen molar-refractivity contribution < 1.29 is 4.79 Å². The maximum absolute atomic E-state index is 12.5. The number of benzene rings is 2. The molecule has 0 aromatic heterocycles. The highest BCUT2D eigenvalue weighted by atomic mass is 16.1. The van der Waals surface area contributed by atoms with Gasteiger partial charge in [-0.05, 0) is 29.0 Å². The minimum absolute atomic E-state index is 0.219. The summed E-state index contributed by atoms with van der Waals surface area (Å²) in [5.74, 6) is 1.11. The van der Waals surface area contributed by atoms with Crippen molar-refractivity contribution >= 4 is 5.78 Å². The summed E-state index contributed by atoms with van der Waals surface area (Å²) in [7, 11) is 0. The largest absolute Gasteiger partial charge is 0.294 e. The average molecular weight is 286 g/mol. The summed E-state index contributed by atoms with van der Waals surface area (Å²) < 4.78 is 0. The molecular formula is C21H18O. The van der Waals surface area contributed by atoms with E-state index < -0.39 is 0 Å². The highest BCUT2D eigenvalue weighted by Gasteiger charge is 2.31. The van der Waals surface area contributed by atoms with Crippen LogP contribution in [0.3, 0.4) is 0 Å². The first-order valence-electron chi connectivity index (χ1n) is 7.86. The van der Waals surface area contributed by atoms with Crippen LogP contribution in [0.4, 0.5) is 0 Å². The SMILES string of the molecule is O=C(Cc1ccccc1)C1=C[C@H]2Cc3ccccc3[C@H]2C=C1. The van der Waals surface area contributed by atoms with Crippen molar-refractivity contribution in [1.29, 1.82) is 0 Å². The second-order valence-electron chi connectivity index (χ2n) is 6.16. The van der Waals surface area contributed by atoms with Crippen LogP contribution >= 0.6 is 0 Å². The first-order valence-corrected chi connectivity index (χ1v) is 7.86. The van der Waals surface area contributed by atoms with Crippen molar-refractivity contribution in [3.8, 4) is 0 Å². The molecule has 2 aliphatic carbocycles. The van der Waals surface area contributed by atoms with Crippen molar-refractivity contribution in [2.24, 2.45) is 5.92 Å². The second kappa shape index (κ2) is 5.42. The summed E-state index contributed by atoms with van der Waals surface area (Å²) in [6.07, 6.45) is 7.97. The Bertz CT molecular complexity index is 768. The van der Waals surface area contributed by atoms with Crippen molar-refractivity contribution in [1.82, 2.24) is 0 Å². The molecule has 0 amide bonds. The van der Waals surface area contributed by atoms with Gasteiger partial charge in [-0.2, -0.15) is 0 Å². The van der Waals surface area contributed by atoms with Crippen molar-refractivity contribution in [3.63, 3.8) is 0 Å². The van der Waals surface area contributed by atoms with Crippen LogP contribution in [0.15, 0.2) is 78.4 Å². The van der Waals surface area contributed by atoms with Gasteiger partial charge in [-0.15, -0.1) is 0 Å². The normalized spacial score (nSPS) is 21.9. The number of rotatable bonds is 3. The van der Waals surface area contributed by atoms with E-state index in [4.69, 9.17) is 0 Å². The molecular weight excluding hydrogens is 268 g/mol. The van der Waals surface area contributed by atoms with E-state index in [1.54, 1.807) is 0 Å². The Morgan fingerprint density at radius 2 is 1.77 bits per heavy atom. The number of carbonyl (C=O) groups is 1. The summed E-state index contributed by atoms with van der Waals surface area (Å²) in [4.78, 5) is 12.5. The Hall–Kier alpha value is -2.41. The van der Waals surface area contributed by atoms with E-state index in [1.807, 2.05) is 36.4 Å². The standard InChI is InChI=1S/C21H18O/c22-21(12-15-6-2-1-3-7-15)17-10-11-20-18(14-17)13-16-8-4-5-9-19(16)20/h1-11,14,18,20H,12-13H2/t18-,20+/m1/s1. The molecule has 108 valence electrons. The summed E-state index contributed by atoms with van der Waals surface area (Å²) in [5.41, 5.74) is 4.81. The minimum Gasteiger partial charge on any atom is -0.294 e. The molecule has 2 atom stereocenters. The van der Waals surface area contributed by atoms with Gasteiger partial charge in [0.05, 0.1) is 0 Å².